The normalized spacial score (nSPS) is 51.8. The summed E-state index contributed by atoms with van der Waals surface area (Å²) in [6.45, 7) is 18.2. The largest absolute Gasteiger partial charge is 0.452 e. The summed E-state index contributed by atoms with van der Waals surface area (Å²) >= 11 is 0. The summed E-state index contributed by atoms with van der Waals surface area (Å²) < 4.78 is 12.0. The number of carbonyl (C=O) groups is 2. The van der Waals surface area contributed by atoms with Gasteiger partial charge in [0, 0.05) is 18.9 Å². The van der Waals surface area contributed by atoms with E-state index < -0.39 is 11.7 Å². The molecule has 6 rings (SSSR count). The number of hydrogen-bond donors (Lipinski definition) is 3. The van der Waals surface area contributed by atoms with Crippen LogP contribution in [0.4, 0.5) is 0 Å². The summed E-state index contributed by atoms with van der Waals surface area (Å²) in [6.07, 6.45) is 8.63. The van der Waals surface area contributed by atoms with E-state index in [2.05, 4.69) is 46.9 Å². The maximum atomic E-state index is 13.1. The topological polar surface area (TPSA) is 105 Å². The highest BCUT2D eigenvalue weighted by atomic mass is 16.6. The molecule has 2 aliphatic heterocycles. The van der Waals surface area contributed by atoms with E-state index in [0.717, 1.165) is 57.8 Å². The number of nitrogens with one attached hydrogen (secondary N) is 1. The van der Waals surface area contributed by atoms with Crippen molar-refractivity contribution in [3.63, 3.8) is 0 Å². The van der Waals surface area contributed by atoms with Crippen LogP contribution in [-0.2, 0) is 19.1 Å². The standard InChI is InChI=1S/C35H57NO6/c1-30(2)23-12-17-33(6)24(32(23,5)15-13-25(30)36-29(39)22-9-10-27(38)41-22)19-21(37)28-20(11-16-34(28,33)7)35(8)18-14-26(42-35)31(3,4)40/h20-26,28,37,40H,9-19H2,1-8H3,(H,36,39)/t20-,21+,22-,23-,24+,25-,26+,28-,32-,33+,34+,35-/m0/s1. The average molecular weight is 588 g/mol. The molecule has 2 heterocycles. The molecule has 7 nitrogen and oxygen atoms in total. The van der Waals surface area contributed by atoms with Crippen LogP contribution >= 0.6 is 0 Å². The average Bonchev–Trinajstić information content (AvgIpc) is 3.60. The lowest BCUT2D eigenvalue weighted by atomic mass is 9.35. The number of esters is 1. The molecule has 0 aromatic heterocycles. The van der Waals surface area contributed by atoms with Crippen molar-refractivity contribution in [2.75, 3.05) is 0 Å². The Hall–Kier alpha value is -1.18. The number of fused-ring (bicyclic) bond motifs is 5. The van der Waals surface area contributed by atoms with Gasteiger partial charge in [-0.2, -0.15) is 0 Å². The van der Waals surface area contributed by atoms with Crippen molar-refractivity contribution in [1.82, 2.24) is 5.32 Å². The van der Waals surface area contributed by atoms with Crippen LogP contribution in [0.15, 0.2) is 0 Å². The van der Waals surface area contributed by atoms with E-state index in [1.54, 1.807) is 0 Å². The fourth-order valence-corrected chi connectivity index (χ4v) is 12.3. The molecule has 0 spiro atoms. The molecule has 4 saturated carbocycles. The van der Waals surface area contributed by atoms with Crippen LogP contribution in [0.3, 0.4) is 0 Å². The molecular formula is C35H57NO6. The van der Waals surface area contributed by atoms with Crippen molar-refractivity contribution in [2.24, 2.45) is 45.3 Å². The molecule has 2 saturated heterocycles. The van der Waals surface area contributed by atoms with E-state index in [-0.39, 0.29) is 63.3 Å². The fraction of sp³-hybridized carbons (Fsp3) is 0.943. The first-order valence-corrected chi connectivity index (χ1v) is 16.9. The predicted octanol–water partition coefficient (Wildman–Crippen LogP) is 5.54. The molecule has 0 aromatic rings. The Balaban J connectivity index is 1.24. The second-order valence-electron chi connectivity index (χ2n) is 17.5. The van der Waals surface area contributed by atoms with E-state index >= 15 is 0 Å². The Bertz CT molecular complexity index is 1120. The number of cyclic esters (lactones) is 1. The predicted molar refractivity (Wildman–Crippen MR) is 160 cm³/mol. The molecule has 3 N–H and O–H groups in total. The minimum Gasteiger partial charge on any atom is -0.452 e. The molecule has 238 valence electrons. The van der Waals surface area contributed by atoms with Crippen LogP contribution in [0.25, 0.3) is 0 Å². The van der Waals surface area contributed by atoms with Crippen LogP contribution in [0.2, 0.25) is 0 Å². The maximum absolute atomic E-state index is 13.1. The van der Waals surface area contributed by atoms with Crippen molar-refractivity contribution < 1.29 is 29.3 Å². The minimum absolute atomic E-state index is 0.0225. The Labute approximate surface area is 253 Å². The van der Waals surface area contributed by atoms with Gasteiger partial charge in [-0.3, -0.25) is 9.59 Å². The monoisotopic (exact) mass is 587 g/mol. The third-order valence-electron chi connectivity index (χ3n) is 14.8. The molecule has 4 aliphatic carbocycles. The third kappa shape index (κ3) is 4.29. The van der Waals surface area contributed by atoms with Crippen molar-refractivity contribution in [1.29, 1.82) is 0 Å². The number of aliphatic hydroxyl groups is 2. The van der Waals surface area contributed by atoms with E-state index in [9.17, 15) is 19.8 Å². The molecule has 0 bridgehead atoms. The SMILES string of the molecule is CC(C)(O)[C@H]1CC[C@@](C)([C@H]2CC[C@]3(C)[C@@H]2[C@H](O)C[C@@H]2[C@@]4(C)CC[C@H](NC(=O)[C@@H]5CCC(=O)O5)C(C)(C)[C@@H]4CC[C@]23C)O1. The number of aliphatic hydroxyl groups excluding tert-OH is 1. The molecule has 6 aliphatic rings. The minimum atomic E-state index is -0.860. The van der Waals surface area contributed by atoms with Crippen molar-refractivity contribution in [2.45, 2.75) is 162 Å². The van der Waals surface area contributed by atoms with Gasteiger partial charge in [-0.05, 0) is 124 Å². The molecule has 12 atom stereocenters. The molecule has 7 heteroatoms. The van der Waals surface area contributed by atoms with Crippen LogP contribution in [0.5, 0.6) is 0 Å². The Morgan fingerprint density at radius 2 is 1.60 bits per heavy atom. The first-order valence-electron chi connectivity index (χ1n) is 16.9. The molecule has 0 radical (unpaired) electrons. The number of hydrogen-bond acceptors (Lipinski definition) is 6. The van der Waals surface area contributed by atoms with Gasteiger partial charge < -0.3 is 25.0 Å². The summed E-state index contributed by atoms with van der Waals surface area (Å²) in [7, 11) is 0. The molecule has 0 unspecified atom stereocenters. The zero-order chi connectivity index (χ0) is 30.7. The third-order valence-corrected chi connectivity index (χ3v) is 14.8. The van der Waals surface area contributed by atoms with Gasteiger partial charge in [0.1, 0.15) is 0 Å². The lowest BCUT2D eigenvalue weighted by Gasteiger charge is -2.71. The summed E-state index contributed by atoms with van der Waals surface area (Å²) in [5.41, 5.74) is -1.07. The van der Waals surface area contributed by atoms with Crippen LogP contribution in [0.1, 0.15) is 126 Å². The smallest absolute Gasteiger partial charge is 0.306 e. The van der Waals surface area contributed by atoms with Gasteiger partial charge in [-0.15, -0.1) is 0 Å². The van der Waals surface area contributed by atoms with Gasteiger partial charge in [0.25, 0.3) is 5.91 Å². The van der Waals surface area contributed by atoms with E-state index in [1.165, 1.54) is 0 Å². The number of ether oxygens (including phenoxy) is 2. The highest BCUT2D eigenvalue weighted by Gasteiger charge is 2.72. The molecule has 1 amide bonds. The van der Waals surface area contributed by atoms with Gasteiger partial charge in [0.2, 0.25) is 0 Å². The van der Waals surface area contributed by atoms with Crippen LogP contribution in [0, 0.1) is 45.3 Å². The second-order valence-corrected chi connectivity index (χ2v) is 17.5. The van der Waals surface area contributed by atoms with Crippen LogP contribution in [-0.4, -0.2) is 57.6 Å². The Morgan fingerprint density at radius 1 is 0.905 bits per heavy atom. The summed E-state index contributed by atoms with van der Waals surface area (Å²) in [6, 6.07) is 0.0441. The van der Waals surface area contributed by atoms with E-state index in [4.69, 9.17) is 9.47 Å². The summed E-state index contributed by atoms with van der Waals surface area (Å²) in [5.74, 6) is 0.910. The van der Waals surface area contributed by atoms with E-state index in [0.29, 0.717) is 30.6 Å². The highest BCUT2D eigenvalue weighted by Crippen LogP contribution is 2.76. The first-order chi connectivity index (χ1) is 19.4. The van der Waals surface area contributed by atoms with Crippen LogP contribution < -0.4 is 5.32 Å². The number of amides is 1. The maximum Gasteiger partial charge on any atom is 0.306 e. The van der Waals surface area contributed by atoms with Crippen molar-refractivity contribution >= 4 is 11.9 Å². The zero-order valence-electron chi connectivity index (χ0n) is 27.4. The van der Waals surface area contributed by atoms with Crippen molar-refractivity contribution in [3.05, 3.63) is 0 Å². The lowest BCUT2D eigenvalue weighted by molar-refractivity contribution is -0.240. The van der Waals surface area contributed by atoms with Gasteiger partial charge in [-0.1, -0.05) is 34.6 Å². The Kier molecular flexibility index (Phi) is 7.09. The quantitative estimate of drug-likeness (QED) is 0.373. The number of rotatable bonds is 4. The zero-order valence-corrected chi connectivity index (χ0v) is 27.4. The van der Waals surface area contributed by atoms with Gasteiger partial charge in [0.15, 0.2) is 6.10 Å². The van der Waals surface area contributed by atoms with E-state index in [1.807, 2.05) is 13.8 Å². The second kappa shape index (κ2) is 9.66. The summed E-state index contributed by atoms with van der Waals surface area (Å²) in [4.78, 5) is 24.7. The van der Waals surface area contributed by atoms with Crippen molar-refractivity contribution in [3.8, 4) is 0 Å². The molecule has 6 fully saturated rings. The molecular weight excluding hydrogens is 530 g/mol. The highest BCUT2D eigenvalue weighted by molar-refractivity contribution is 5.86. The van der Waals surface area contributed by atoms with Gasteiger partial charge in [0.05, 0.1) is 23.4 Å². The first kappa shape index (κ1) is 30.8. The summed E-state index contributed by atoms with van der Waals surface area (Å²) in [5, 5.41) is 26.1. The molecule has 42 heavy (non-hydrogen) atoms. The lowest BCUT2D eigenvalue weighted by Crippen LogP contribution is -2.68. The fourth-order valence-electron chi connectivity index (χ4n) is 12.3. The molecule has 0 aromatic carbocycles. The Morgan fingerprint density at radius 3 is 2.21 bits per heavy atom. The van der Waals surface area contributed by atoms with Gasteiger partial charge in [-0.25, -0.2) is 0 Å². The van der Waals surface area contributed by atoms with Gasteiger partial charge >= 0.3 is 5.97 Å². The number of carbonyl (C=O) groups excluding carboxylic acids is 2.